The maximum atomic E-state index is 12.0. The van der Waals surface area contributed by atoms with Crippen LogP contribution in [0.5, 0.6) is 0 Å². The molecule has 92 valence electrons. The lowest BCUT2D eigenvalue weighted by atomic mass is 10.3. The first kappa shape index (κ1) is 13.7. The molecule has 0 N–H and O–H groups in total. The Morgan fingerprint density at radius 1 is 1.62 bits per heavy atom. The molecule has 0 saturated carbocycles. The lowest BCUT2D eigenvalue weighted by Gasteiger charge is -2.16. The van der Waals surface area contributed by atoms with Crippen molar-refractivity contribution in [1.29, 1.82) is 0 Å². The Morgan fingerprint density at radius 3 is 2.69 bits per heavy atom. The molecule has 0 spiro atoms. The fourth-order valence-corrected chi connectivity index (χ4v) is 2.57. The molecule has 0 aliphatic heterocycles. The van der Waals surface area contributed by atoms with Crippen molar-refractivity contribution >= 4 is 26.0 Å². The van der Waals surface area contributed by atoms with Crippen LogP contribution in [0.2, 0.25) is 0 Å². The molecule has 0 fully saturated rings. The molecule has 1 aromatic rings. The fraction of sp³-hybridized carbons (Fsp3) is 0.667. The van der Waals surface area contributed by atoms with Gasteiger partial charge < -0.3 is 0 Å². The highest BCUT2D eigenvalue weighted by Gasteiger charge is 2.22. The second-order valence-electron chi connectivity index (χ2n) is 3.75. The van der Waals surface area contributed by atoms with Gasteiger partial charge in [-0.3, -0.25) is 4.68 Å². The molecule has 5 nitrogen and oxygen atoms in total. The summed E-state index contributed by atoms with van der Waals surface area (Å²) in [5, 5.41) is 3.86. The Bertz CT molecular complexity index is 441. The third-order valence-corrected chi connectivity index (χ3v) is 4.50. The highest BCUT2D eigenvalue weighted by Crippen LogP contribution is 2.14. The van der Waals surface area contributed by atoms with Crippen LogP contribution in [0, 0.1) is 0 Å². The van der Waals surface area contributed by atoms with Gasteiger partial charge in [0.25, 0.3) is 0 Å². The summed E-state index contributed by atoms with van der Waals surface area (Å²) in [7, 11) is -0.110. The van der Waals surface area contributed by atoms with Crippen molar-refractivity contribution in [2.24, 2.45) is 7.05 Å². The summed E-state index contributed by atoms with van der Waals surface area (Å²) in [6.45, 7) is 2.48. The number of aromatic nitrogens is 2. The summed E-state index contributed by atoms with van der Waals surface area (Å²) in [5.74, 6) is 0. The van der Waals surface area contributed by atoms with Gasteiger partial charge in [-0.05, 0) is 6.42 Å². The Kier molecular flexibility index (Phi) is 4.52. The van der Waals surface area contributed by atoms with E-state index in [2.05, 4.69) is 21.0 Å². The predicted molar refractivity (Wildman–Crippen MR) is 66.0 cm³/mol. The second kappa shape index (κ2) is 5.29. The van der Waals surface area contributed by atoms with E-state index in [-0.39, 0.29) is 4.90 Å². The van der Waals surface area contributed by atoms with E-state index in [9.17, 15) is 8.42 Å². The van der Waals surface area contributed by atoms with E-state index in [4.69, 9.17) is 0 Å². The smallest absolute Gasteiger partial charge is 0.245 e. The second-order valence-corrected chi connectivity index (χ2v) is 7.35. The maximum Gasteiger partial charge on any atom is 0.245 e. The number of rotatable bonds is 5. The van der Waals surface area contributed by atoms with Crippen molar-refractivity contribution in [3.05, 3.63) is 12.4 Å². The normalized spacial score (nSPS) is 14.3. The molecule has 0 radical (unpaired) electrons. The lowest BCUT2D eigenvalue weighted by Crippen LogP contribution is -2.28. The number of nitrogens with zero attached hydrogens (tertiary/aromatic N) is 3. The van der Waals surface area contributed by atoms with Gasteiger partial charge in [0.1, 0.15) is 4.90 Å². The largest absolute Gasteiger partial charge is 0.274 e. The highest BCUT2D eigenvalue weighted by atomic mass is 79.9. The van der Waals surface area contributed by atoms with Gasteiger partial charge in [0, 0.05) is 31.7 Å². The standard InChI is InChI=1S/C9H16BrN3O2S/c1-8(10)4-5-13(3)16(14,15)9-6-11-12(2)7-9/h6-8H,4-5H2,1-3H3. The molecule has 0 aliphatic carbocycles. The summed E-state index contributed by atoms with van der Waals surface area (Å²) >= 11 is 3.39. The molecule has 0 aliphatic rings. The van der Waals surface area contributed by atoms with Gasteiger partial charge in [0.15, 0.2) is 0 Å². The summed E-state index contributed by atoms with van der Waals surface area (Å²) in [6, 6.07) is 0. The van der Waals surface area contributed by atoms with Crippen molar-refractivity contribution in [2.45, 2.75) is 23.1 Å². The quantitative estimate of drug-likeness (QED) is 0.768. The van der Waals surface area contributed by atoms with E-state index in [1.54, 1.807) is 14.1 Å². The number of alkyl halides is 1. The van der Waals surface area contributed by atoms with Crippen LogP contribution in [0.1, 0.15) is 13.3 Å². The number of sulfonamides is 1. The minimum Gasteiger partial charge on any atom is -0.274 e. The van der Waals surface area contributed by atoms with Crippen molar-refractivity contribution in [3.8, 4) is 0 Å². The van der Waals surface area contributed by atoms with E-state index < -0.39 is 10.0 Å². The van der Waals surface area contributed by atoms with Crippen molar-refractivity contribution in [2.75, 3.05) is 13.6 Å². The van der Waals surface area contributed by atoms with Gasteiger partial charge in [0.2, 0.25) is 10.0 Å². The minimum absolute atomic E-state index is 0.236. The van der Waals surface area contributed by atoms with Gasteiger partial charge >= 0.3 is 0 Å². The molecular formula is C9H16BrN3O2S. The zero-order chi connectivity index (χ0) is 12.3. The van der Waals surface area contributed by atoms with Crippen LogP contribution < -0.4 is 0 Å². The highest BCUT2D eigenvalue weighted by molar-refractivity contribution is 9.09. The maximum absolute atomic E-state index is 12.0. The van der Waals surface area contributed by atoms with E-state index in [0.29, 0.717) is 11.4 Å². The number of halogens is 1. The molecule has 0 bridgehead atoms. The first-order valence-electron chi connectivity index (χ1n) is 4.93. The van der Waals surface area contributed by atoms with E-state index in [1.807, 2.05) is 6.92 Å². The van der Waals surface area contributed by atoms with Gasteiger partial charge in [-0.15, -0.1) is 0 Å². The summed E-state index contributed by atoms with van der Waals surface area (Å²) in [4.78, 5) is 0.541. The molecule has 1 rings (SSSR count). The van der Waals surface area contributed by atoms with Crippen LogP contribution in [-0.2, 0) is 17.1 Å². The minimum atomic E-state index is -3.38. The van der Waals surface area contributed by atoms with Crippen LogP contribution in [0.3, 0.4) is 0 Å². The molecule has 1 atom stereocenters. The molecule has 16 heavy (non-hydrogen) atoms. The van der Waals surface area contributed by atoms with Crippen LogP contribution in [0.25, 0.3) is 0 Å². The summed E-state index contributed by atoms with van der Waals surface area (Å²) < 4.78 is 26.9. The summed E-state index contributed by atoms with van der Waals surface area (Å²) in [5.41, 5.74) is 0. The summed E-state index contributed by atoms with van der Waals surface area (Å²) in [6.07, 6.45) is 3.64. The molecule has 1 heterocycles. The van der Waals surface area contributed by atoms with Gasteiger partial charge in [-0.2, -0.15) is 5.10 Å². The van der Waals surface area contributed by atoms with Crippen LogP contribution in [-0.4, -0.2) is 40.9 Å². The fourth-order valence-electron chi connectivity index (χ4n) is 1.19. The van der Waals surface area contributed by atoms with Crippen LogP contribution in [0.4, 0.5) is 0 Å². The van der Waals surface area contributed by atoms with Crippen molar-refractivity contribution < 1.29 is 8.42 Å². The first-order valence-corrected chi connectivity index (χ1v) is 7.28. The molecule has 0 saturated heterocycles. The van der Waals surface area contributed by atoms with Crippen LogP contribution in [0.15, 0.2) is 17.3 Å². The molecule has 1 unspecified atom stereocenters. The van der Waals surface area contributed by atoms with Crippen molar-refractivity contribution in [1.82, 2.24) is 14.1 Å². The zero-order valence-corrected chi connectivity index (χ0v) is 12.0. The molecule has 0 aromatic carbocycles. The Morgan fingerprint density at radius 2 is 2.25 bits per heavy atom. The molecule has 1 aromatic heterocycles. The topological polar surface area (TPSA) is 55.2 Å². The van der Waals surface area contributed by atoms with Gasteiger partial charge in [0.05, 0.1) is 6.20 Å². The Hall–Kier alpha value is -0.400. The number of hydrogen-bond donors (Lipinski definition) is 0. The third kappa shape index (κ3) is 3.29. The number of hydrogen-bond acceptors (Lipinski definition) is 3. The van der Waals surface area contributed by atoms with E-state index >= 15 is 0 Å². The average molecular weight is 310 g/mol. The van der Waals surface area contributed by atoms with E-state index in [0.717, 1.165) is 6.42 Å². The molecular weight excluding hydrogens is 294 g/mol. The Labute approximate surface area is 105 Å². The average Bonchev–Trinajstić information content (AvgIpc) is 2.61. The lowest BCUT2D eigenvalue weighted by molar-refractivity contribution is 0.462. The van der Waals surface area contributed by atoms with Gasteiger partial charge in [-0.25, -0.2) is 12.7 Å². The predicted octanol–water partition coefficient (Wildman–Crippen LogP) is 1.21. The monoisotopic (exact) mass is 309 g/mol. The third-order valence-electron chi connectivity index (χ3n) is 2.23. The Balaban J connectivity index is 2.78. The molecule has 0 amide bonds. The number of aryl methyl sites for hydroxylation is 1. The SMILES string of the molecule is CC(Br)CCN(C)S(=O)(=O)c1cnn(C)c1. The van der Waals surface area contributed by atoms with Gasteiger partial charge in [-0.1, -0.05) is 22.9 Å². The van der Waals surface area contributed by atoms with E-state index in [1.165, 1.54) is 21.4 Å². The van der Waals surface area contributed by atoms with Crippen LogP contribution >= 0.6 is 15.9 Å². The zero-order valence-electron chi connectivity index (χ0n) is 9.59. The first-order chi connectivity index (χ1) is 7.34. The van der Waals surface area contributed by atoms with Crippen molar-refractivity contribution in [3.63, 3.8) is 0 Å². The molecule has 7 heteroatoms.